The first-order chi connectivity index (χ1) is 7.47. The molecule has 0 saturated heterocycles. The second kappa shape index (κ2) is 8.27. The molecular weight excluding hydrogens is 212 g/mol. The van der Waals surface area contributed by atoms with Gasteiger partial charge in [0.25, 0.3) is 0 Å². The van der Waals surface area contributed by atoms with E-state index in [9.17, 15) is 9.90 Å². The lowest BCUT2D eigenvalue weighted by Gasteiger charge is -2.15. The van der Waals surface area contributed by atoms with Gasteiger partial charge in [0, 0.05) is 12.7 Å². The molecule has 0 aromatic rings. The largest absolute Gasteiger partial charge is 0.460 e. The molecule has 0 heterocycles. The number of methoxy groups -OCH3 is 1. The van der Waals surface area contributed by atoms with Gasteiger partial charge >= 0.3 is 5.97 Å². The number of rotatable bonds is 8. The van der Waals surface area contributed by atoms with E-state index < -0.39 is 12.1 Å². The fourth-order valence-electron chi connectivity index (χ4n) is 0.901. The maximum atomic E-state index is 11.0. The van der Waals surface area contributed by atoms with Crippen molar-refractivity contribution in [3.8, 4) is 0 Å². The minimum Gasteiger partial charge on any atom is -0.460 e. The summed E-state index contributed by atoms with van der Waals surface area (Å²) in [4.78, 5) is 11.0. The van der Waals surface area contributed by atoms with Crippen molar-refractivity contribution in [1.82, 2.24) is 0 Å². The van der Waals surface area contributed by atoms with E-state index in [-0.39, 0.29) is 19.3 Å². The van der Waals surface area contributed by atoms with Crippen LogP contribution >= 0.6 is 0 Å². The summed E-state index contributed by atoms with van der Waals surface area (Å²) in [6, 6.07) is 0. The molecule has 0 aromatic heterocycles. The zero-order chi connectivity index (χ0) is 12.6. The lowest BCUT2D eigenvalue weighted by atomic mass is 10.3. The van der Waals surface area contributed by atoms with Gasteiger partial charge in [-0.05, 0) is 13.8 Å². The lowest BCUT2D eigenvalue weighted by molar-refractivity contribution is -0.143. The summed E-state index contributed by atoms with van der Waals surface area (Å²) in [5.74, 6) is -0.510. The van der Waals surface area contributed by atoms with Crippen LogP contribution in [0.4, 0.5) is 0 Å². The van der Waals surface area contributed by atoms with Crippen LogP contribution in [-0.4, -0.2) is 50.2 Å². The highest BCUT2D eigenvalue weighted by atomic mass is 16.6. The molecule has 1 N–H and O–H groups in total. The fourth-order valence-corrected chi connectivity index (χ4v) is 0.901. The zero-order valence-corrected chi connectivity index (χ0v) is 10.1. The van der Waals surface area contributed by atoms with Gasteiger partial charge in [-0.3, -0.25) is 0 Å². The molecule has 16 heavy (non-hydrogen) atoms. The van der Waals surface area contributed by atoms with Crippen LogP contribution in [0.25, 0.3) is 0 Å². The van der Waals surface area contributed by atoms with Crippen LogP contribution in [0.5, 0.6) is 0 Å². The summed E-state index contributed by atoms with van der Waals surface area (Å²) in [7, 11) is 1.57. The Bertz CT molecular complexity index is 226. The minimum absolute atomic E-state index is 0.0919. The molecule has 0 aliphatic heterocycles. The summed E-state index contributed by atoms with van der Waals surface area (Å²) < 4.78 is 14.9. The molecule has 0 fully saturated rings. The number of hydrogen-bond donors (Lipinski definition) is 1. The third-order valence-corrected chi connectivity index (χ3v) is 1.73. The van der Waals surface area contributed by atoms with Gasteiger partial charge in [0.05, 0.1) is 19.3 Å². The van der Waals surface area contributed by atoms with E-state index in [1.54, 1.807) is 14.0 Å². The summed E-state index contributed by atoms with van der Waals surface area (Å²) in [6.45, 7) is 7.27. The van der Waals surface area contributed by atoms with Crippen molar-refractivity contribution in [1.29, 1.82) is 0 Å². The molecule has 94 valence electrons. The number of aliphatic hydroxyl groups is 1. The maximum Gasteiger partial charge on any atom is 0.333 e. The molecule has 0 bridgehead atoms. The summed E-state index contributed by atoms with van der Waals surface area (Å²) in [6.07, 6.45) is -0.931. The molecular formula is C11H20O5. The van der Waals surface area contributed by atoms with Crippen molar-refractivity contribution in [2.24, 2.45) is 0 Å². The summed E-state index contributed by atoms with van der Waals surface area (Å²) in [5, 5.41) is 9.42. The second-order valence-corrected chi connectivity index (χ2v) is 3.63. The molecule has 0 aliphatic carbocycles. The Balaban J connectivity index is 3.62. The Morgan fingerprint density at radius 1 is 1.38 bits per heavy atom. The number of carbonyl (C=O) groups is 1. The van der Waals surface area contributed by atoms with E-state index in [1.807, 2.05) is 6.92 Å². The van der Waals surface area contributed by atoms with Crippen molar-refractivity contribution in [2.45, 2.75) is 26.1 Å². The van der Waals surface area contributed by atoms with Crippen molar-refractivity contribution in [3.63, 3.8) is 0 Å². The predicted molar refractivity (Wildman–Crippen MR) is 59.1 cm³/mol. The average Bonchev–Trinajstić information content (AvgIpc) is 2.23. The average molecular weight is 232 g/mol. The Morgan fingerprint density at radius 2 is 2.00 bits per heavy atom. The van der Waals surface area contributed by atoms with E-state index in [4.69, 9.17) is 14.2 Å². The van der Waals surface area contributed by atoms with E-state index in [1.165, 1.54) is 0 Å². The summed E-state index contributed by atoms with van der Waals surface area (Å²) in [5.41, 5.74) is 0.306. The number of ether oxygens (including phenoxy) is 3. The fraction of sp³-hybridized carbons (Fsp3) is 0.727. The molecule has 0 aliphatic rings. The highest BCUT2D eigenvalue weighted by molar-refractivity contribution is 5.86. The van der Waals surface area contributed by atoms with Crippen LogP contribution in [0.3, 0.4) is 0 Å². The Kier molecular flexibility index (Phi) is 7.80. The van der Waals surface area contributed by atoms with Crippen LogP contribution in [0.15, 0.2) is 12.2 Å². The molecule has 0 rings (SSSR count). The van der Waals surface area contributed by atoms with Gasteiger partial charge in [0.15, 0.2) is 0 Å². The molecule has 0 saturated carbocycles. The van der Waals surface area contributed by atoms with Gasteiger partial charge in [-0.1, -0.05) is 6.58 Å². The predicted octanol–water partition coefficient (Wildman–Crippen LogP) is 0.518. The molecule has 5 heteroatoms. The van der Waals surface area contributed by atoms with Gasteiger partial charge in [0.2, 0.25) is 0 Å². The molecule has 2 unspecified atom stereocenters. The smallest absolute Gasteiger partial charge is 0.333 e. The van der Waals surface area contributed by atoms with Gasteiger partial charge in [-0.2, -0.15) is 0 Å². The monoisotopic (exact) mass is 232 g/mol. The van der Waals surface area contributed by atoms with Crippen LogP contribution in [-0.2, 0) is 19.0 Å². The highest BCUT2D eigenvalue weighted by Gasteiger charge is 2.11. The quantitative estimate of drug-likeness (QED) is 0.488. The van der Waals surface area contributed by atoms with Crippen LogP contribution in [0.1, 0.15) is 13.8 Å². The minimum atomic E-state index is -0.831. The van der Waals surface area contributed by atoms with Gasteiger partial charge in [-0.15, -0.1) is 0 Å². The molecule has 0 spiro atoms. The van der Waals surface area contributed by atoms with Crippen molar-refractivity contribution >= 4 is 5.97 Å². The first-order valence-electron chi connectivity index (χ1n) is 5.08. The maximum absolute atomic E-state index is 11.0. The van der Waals surface area contributed by atoms with Crippen molar-refractivity contribution in [2.75, 3.05) is 26.9 Å². The van der Waals surface area contributed by atoms with Crippen LogP contribution < -0.4 is 0 Å². The van der Waals surface area contributed by atoms with E-state index >= 15 is 0 Å². The number of carbonyl (C=O) groups excluding carboxylic acids is 1. The molecule has 5 nitrogen and oxygen atoms in total. The molecule has 0 amide bonds. The van der Waals surface area contributed by atoms with E-state index in [0.29, 0.717) is 12.2 Å². The number of esters is 1. The number of aliphatic hydroxyl groups excluding tert-OH is 1. The Labute approximate surface area is 96.0 Å². The summed E-state index contributed by atoms with van der Waals surface area (Å²) >= 11 is 0. The standard InChI is InChI=1S/C11H20O5/c1-8(2)11(13)16-7-10(12)6-15-9(3)5-14-4/h9-10,12H,1,5-7H2,2-4H3. The first-order valence-corrected chi connectivity index (χ1v) is 5.08. The van der Waals surface area contributed by atoms with Gasteiger partial charge < -0.3 is 19.3 Å². The van der Waals surface area contributed by atoms with Crippen molar-refractivity contribution in [3.05, 3.63) is 12.2 Å². The zero-order valence-electron chi connectivity index (χ0n) is 10.1. The molecule has 2 atom stereocenters. The third-order valence-electron chi connectivity index (χ3n) is 1.73. The molecule has 0 aromatic carbocycles. The van der Waals surface area contributed by atoms with Gasteiger partial charge in [-0.25, -0.2) is 4.79 Å². The third kappa shape index (κ3) is 7.39. The normalized spacial score (nSPS) is 14.2. The van der Waals surface area contributed by atoms with Crippen LogP contribution in [0.2, 0.25) is 0 Å². The Hall–Kier alpha value is -0.910. The first kappa shape index (κ1) is 15.1. The molecule has 0 radical (unpaired) electrons. The van der Waals surface area contributed by atoms with Crippen LogP contribution in [0, 0.1) is 0 Å². The van der Waals surface area contributed by atoms with Gasteiger partial charge in [0.1, 0.15) is 12.7 Å². The van der Waals surface area contributed by atoms with E-state index in [2.05, 4.69) is 6.58 Å². The van der Waals surface area contributed by atoms with Crippen molar-refractivity contribution < 1.29 is 24.1 Å². The second-order valence-electron chi connectivity index (χ2n) is 3.63. The highest BCUT2D eigenvalue weighted by Crippen LogP contribution is 1.97. The Morgan fingerprint density at radius 3 is 2.50 bits per heavy atom. The topological polar surface area (TPSA) is 65.0 Å². The number of hydrogen-bond acceptors (Lipinski definition) is 5. The SMILES string of the molecule is C=C(C)C(=O)OCC(O)COC(C)COC. The van der Waals surface area contributed by atoms with E-state index in [0.717, 1.165) is 0 Å². The lowest BCUT2D eigenvalue weighted by Crippen LogP contribution is -2.27.